The van der Waals surface area contributed by atoms with Crippen molar-refractivity contribution in [1.82, 2.24) is 10.2 Å². The van der Waals surface area contributed by atoms with E-state index in [4.69, 9.17) is 5.11 Å². The van der Waals surface area contributed by atoms with Crippen LogP contribution in [-0.2, 0) is 4.79 Å². The van der Waals surface area contributed by atoms with Gasteiger partial charge in [-0.1, -0.05) is 12.8 Å². The summed E-state index contributed by atoms with van der Waals surface area (Å²) in [5.41, 5.74) is 0. The quantitative estimate of drug-likeness (QED) is 0.650. The highest BCUT2D eigenvalue weighted by Gasteiger charge is 2.14. The average Bonchev–Trinajstić information content (AvgIpc) is 2.52. The molecule has 1 amide bonds. The number of aliphatic hydroxyl groups excluding tert-OH is 1. The highest BCUT2D eigenvalue weighted by molar-refractivity contribution is 5.76. The van der Waals surface area contributed by atoms with E-state index >= 15 is 0 Å². The maximum absolute atomic E-state index is 11.7. The van der Waals surface area contributed by atoms with Crippen LogP contribution in [0.1, 0.15) is 32.1 Å². The van der Waals surface area contributed by atoms with Gasteiger partial charge in [0.2, 0.25) is 5.91 Å². The van der Waals surface area contributed by atoms with Gasteiger partial charge in [-0.3, -0.25) is 4.79 Å². The Bertz CT molecular complexity index is 177. The lowest BCUT2D eigenvalue weighted by Crippen LogP contribution is -2.34. The van der Waals surface area contributed by atoms with E-state index in [0.29, 0.717) is 19.5 Å². The third kappa shape index (κ3) is 5.14. The van der Waals surface area contributed by atoms with Gasteiger partial charge < -0.3 is 15.3 Å². The van der Waals surface area contributed by atoms with Crippen LogP contribution in [0.25, 0.3) is 0 Å². The molecule has 1 aliphatic heterocycles. The Hall–Kier alpha value is -0.610. The van der Waals surface area contributed by atoms with Crippen LogP contribution < -0.4 is 5.32 Å². The number of rotatable bonds is 5. The van der Waals surface area contributed by atoms with Crippen molar-refractivity contribution in [1.29, 1.82) is 0 Å². The van der Waals surface area contributed by atoms with Crippen molar-refractivity contribution in [2.24, 2.45) is 0 Å². The molecule has 1 saturated heterocycles. The Kier molecular flexibility index (Phi) is 6.36. The van der Waals surface area contributed by atoms with Crippen LogP contribution in [0.2, 0.25) is 0 Å². The van der Waals surface area contributed by atoms with Crippen molar-refractivity contribution in [3.8, 4) is 0 Å². The number of aliphatic hydroxyl groups is 1. The highest BCUT2D eigenvalue weighted by atomic mass is 16.3. The Balaban J connectivity index is 2.14. The number of likely N-dealkylation sites (tertiary alicyclic amines) is 1. The van der Waals surface area contributed by atoms with Gasteiger partial charge in [0.15, 0.2) is 0 Å². The van der Waals surface area contributed by atoms with Gasteiger partial charge in [-0.05, 0) is 12.8 Å². The van der Waals surface area contributed by atoms with Gasteiger partial charge in [-0.25, -0.2) is 0 Å². The van der Waals surface area contributed by atoms with Crippen molar-refractivity contribution in [2.45, 2.75) is 32.1 Å². The lowest BCUT2D eigenvalue weighted by atomic mass is 10.2. The molecule has 0 aromatic heterocycles. The Labute approximate surface area is 91.6 Å². The largest absolute Gasteiger partial charge is 0.395 e. The number of nitrogens with zero attached hydrogens (tertiary/aromatic N) is 1. The van der Waals surface area contributed by atoms with E-state index in [-0.39, 0.29) is 12.5 Å². The van der Waals surface area contributed by atoms with Crippen LogP contribution in [0.4, 0.5) is 0 Å². The average molecular weight is 214 g/mol. The molecule has 1 fully saturated rings. The number of nitrogens with one attached hydrogen (secondary N) is 1. The summed E-state index contributed by atoms with van der Waals surface area (Å²) in [6.07, 6.45) is 5.37. The van der Waals surface area contributed by atoms with E-state index in [9.17, 15) is 4.79 Å². The molecule has 4 nitrogen and oxygen atoms in total. The standard InChI is InChI=1S/C11H22N2O2/c14-10-7-12-6-5-11(15)13-8-3-1-2-4-9-13/h12,14H,1-10H2. The second-order valence-corrected chi connectivity index (χ2v) is 4.02. The van der Waals surface area contributed by atoms with Crippen molar-refractivity contribution in [2.75, 3.05) is 32.8 Å². The first-order valence-corrected chi connectivity index (χ1v) is 5.94. The molecule has 1 aliphatic rings. The first-order valence-electron chi connectivity index (χ1n) is 5.94. The molecule has 0 unspecified atom stereocenters. The topological polar surface area (TPSA) is 52.6 Å². The molecule has 0 aromatic carbocycles. The van der Waals surface area contributed by atoms with Gasteiger partial charge in [0, 0.05) is 32.6 Å². The van der Waals surface area contributed by atoms with Crippen LogP contribution >= 0.6 is 0 Å². The fourth-order valence-electron chi connectivity index (χ4n) is 1.88. The minimum absolute atomic E-state index is 0.137. The lowest BCUT2D eigenvalue weighted by Gasteiger charge is -2.20. The van der Waals surface area contributed by atoms with Crippen LogP contribution in [0, 0.1) is 0 Å². The summed E-state index contributed by atoms with van der Waals surface area (Å²) in [5, 5.41) is 11.6. The summed E-state index contributed by atoms with van der Waals surface area (Å²) in [4.78, 5) is 13.7. The Morgan fingerprint density at radius 2 is 1.80 bits per heavy atom. The van der Waals surface area contributed by atoms with Crippen molar-refractivity contribution >= 4 is 5.91 Å². The zero-order chi connectivity index (χ0) is 10.9. The third-order valence-electron chi connectivity index (χ3n) is 2.76. The van der Waals surface area contributed by atoms with E-state index in [2.05, 4.69) is 5.32 Å². The molecule has 0 radical (unpaired) electrons. The molecule has 0 aliphatic carbocycles. The highest BCUT2D eigenvalue weighted by Crippen LogP contribution is 2.10. The normalized spacial score (nSPS) is 17.5. The van der Waals surface area contributed by atoms with Crippen LogP contribution in [-0.4, -0.2) is 48.7 Å². The molecule has 0 saturated carbocycles. The maximum Gasteiger partial charge on any atom is 0.223 e. The molecular formula is C11H22N2O2. The van der Waals surface area contributed by atoms with E-state index in [0.717, 1.165) is 25.9 Å². The number of carbonyl (C=O) groups is 1. The first kappa shape index (κ1) is 12.5. The van der Waals surface area contributed by atoms with Crippen molar-refractivity contribution in [3.63, 3.8) is 0 Å². The molecular weight excluding hydrogens is 192 g/mol. The van der Waals surface area contributed by atoms with E-state index < -0.39 is 0 Å². The summed E-state index contributed by atoms with van der Waals surface area (Å²) < 4.78 is 0. The molecule has 4 heteroatoms. The molecule has 0 aromatic rings. The minimum atomic E-state index is 0.137. The third-order valence-corrected chi connectivity index (χ3v) is 2.76. The number of amides is 1. The predicted molar refractivity (Wildman–Crippen MR) is 59.6 cm³/mol. The number of carbonyl (C=O) groups excluding carboxylic acids is 1. The van der Waals surface area contributed by atoms with E-state index in [1.807, 2.05) is 4.90 Å². The predicted octanol–water partition coefficient (Wildman–Crippen LogP) is 0.361. The summed E-state index contributed by atoms with van der Waals surface area (Å²) in [6.45, 7) is 3.25. The zero-order valence-corrected chi connectivity index (χ0v) is 9.37. The van der Waals surface area contributed by atoms with Gasteiger partial charge in [0.05, 0.1) is 6.61 Å². The minimum Gasteiger partial charge on any atom is -0.395 e. The summed E-state index contributed by atoms with van der Waals surface area (Å²) in [7, 11) is 0. The maximum atomic E-state index is 11.7. The Morgan fingerprint density at radius 3 is 2.40 bits per heavy atom. The fourth-order valence-corrected chi connectivity index (χ4v) is 1.88. The fraction of sp³-hybridized carbons (Fsp3) is 0.909. The smallest absolute Gasteiger partial charge is 0.223 e. The SMILES string of the molecule is O=C(CCNCCO)N1CCCCCC1. The molecule has 1 rings (SSSR count). The lowest BCUT2D eigenvalue weighted by molar-refractivity contribution is -0.131. The number of hydrogen-bond donors (Lipinski definition) is 2. The molecule has 15 heavy (non-hydrogen) atoms. The Morgan fingerprint density at radius 1 is 1.13 bits per heavy atom. The second kappa shape index (κ2) is 7.65. The van der Waals surface area contributed by atoms with Crippen molar-refractivity contribution < 1.29 is 9.90 Å². The monoisotopic (exact) mass is 214 g/mol. The molecule has 2 N–H and O–H groups in total. The molecule has 88 valence electrons. The summed E-state index contributed by atoms with van der Waals surface area (Å²) >= 11 is 0. The molecule has 1 heterocycles. The summed E-state index contributed by atoms with van der Waals surface area (Å²) in [5.74, 6) is 0.252. The van der Waals surface area contributed by atoms with Crippen LogP contribution in [0.3, 0.4) is 0 Å². The van der Waals surface area contributed by atoms with Crippen molar-refractivity contribution in [3.05, 3.63) is 0 Å². The van der Waals surface area contributed by atoms with Crippen LogP contribution in [0.5, 0.6) is 0 Å². The van der Waals surface area contributed by atoms with Gasteiger partial charge in [0.25, 0.3) is 0 Å². The zero-order valence-electron chi connectivity index (χ0n) is 9.37. The summed E-state index contributed by atoms with van der Waals surface area (Å²) in [6, 6.07) is 0. The van der Waals surface area contributed by atoms with Gasteiger partial charge >= 0.3 is 0 Å². The molecule has 0 spiro atoms. The first-order chi connectivity index (χ1) is 7.34. The van der Waals surface area contributed by atoms with E-state index in [1.165, 1.54) is 12.8 Å². The number of hydrogen-bond acceptors (Lipinski definition) is 3. The van der Waals surface area contributed by atoms with Crippen LogP contribution in [0.15, 0.2) is 0 Å². The second-order valence-electron chi connectivity index (χ2n) is 4.02. The molecule has 0 atom stereocenters. The van der Waals surface area contributed by atoms with Gasteiger partial charge in [0.1, 0.15) is 0 Å². The molecule has 0 bridgehead atoms. The van der Waals surface area contributed by atoms with Gasteiger partial charge in [-0.2, -0.15) is 0 Å². The van der Waals surface area contributed by atoms with E-state index in [1.54, 1.807) is 0 Å². The van der Waals surface area contributed by atoms with Gasteiger partial charge in [-0.15, -0.1) is 0 Å².